The number of hydrogen-bond acceptors (Lipinski definition) is 4. The summed E-state index contributed by atoms with van der Waals surface area (Å²) in [6.45, 7) is 2.70. The fourth-order valence-corrected chi connectivity index (χ4v) is 5.60. The molecule has 3 rings (SSSR count). The zero-order valence-corrected chi connectivity index (χ0v) is 14.7. The summed E-state index contributed by atoms with van der Waals surface area (Å²) in [5.74, 6) is 1.95. The van der Waals surface area contributed by atoms with Gasteiger partial charge < -0.3 is 9.30 Å². The molecule has 0 aromatic carbocycles. The number of aromatic nitrogens is 2. The van der Waals surface area contributed by atoms with Gasteiger partial charge in [0.2, 0.25) is 10.0 Å². The highest BCUT2D eigenvalue weighted by molar-refractivity contribution is 7.89. The van der Waals surface area contributed by atoms with Crippen molar-refractivity contribution in [2.75, 3.05) is 32.1 Å². The quantitative estimate of drug-likeness (QED) is 0.813. The summed E-state index contributed by atoms with van der Waals surface area (Å²) in [5.41, 5.74) is 0. The normalized spacial score (nSPS) is 24.8. The Morgan fingerprint density at radius 2 is 2.04 bits per heavy atom. The van der Waals surface area contributed by atoms with Crippen LogP contribution in [-0.2, 0) is 28.2 Å². The number of sulfonamides is 1. The van der Waals surface area contributed by atoms with Crippen molar-refractivity contribution in [1.82, 2.24) is 13.9 Å². The summed E-state index contributed by atoms with van der Waals surface area (Å²) in [5, 5.41) is 0. The van der Waals surface area contributed by atoms with E-state index in [2.05, 4.69) is 4.98 Å². The number of imidazole rings is 1. The van der Waals surface area contributed by atoms with Gasteiger partial charge in [0.15, 0.2) is 0 Å². The van der Waals surface area contributed by atoms with Crippen molar-refractivity contribution in [3.63, 3.8) is 0 Å². The molecule has 0 saturated carbocycles. The lowest BCUT2D eigenvalue weighted by Crippen LogP contribution is -2.43. The molecule has 1 aromatic rings. The molecule has 0 spiro atoms. The Bertz CT molecular complexity index is 608. The maximum absolute atomic E-state index is 12.7. The van der Waals surface area contributed by atoms with Gasteiger partial charge in [-0.15, -0.1) is 0 Å². The van der Waals surface area contributed by atoms with Gasteiger partial charge in [-0.2, -0.15) is 0 Å². The topological polar surface area (TPSA) is 64.4 Å². The average molecular weight is 341 g/mol. The maximum Gasteiger partial charge on any atom is 0.214 e. The molecule has 2 aliphatic rings. The first-order valence-electron chi connectivity index (χ1n) is 8.56. The molecule has 2 saturated heterocycles. The minimum absolute atomic E-state index is 0.253. The standard InChI is InChI=1S/C16H27N3O3S/c1-18-8-6-17-16(18)11-15-3-2-7-19(12-15)23(20,21)13-14-4-9-22-10-5-14/h6,8,14-15H,2-5,7,9-13H2,1H3/t15-/m1/s1. The van der Waals surface area contributed by atoms with Crippen LogP contribution in [0.15, 0.2) is 12.4 Å². The molecule has 6 nitrogen and oxygen atoms in total. The Hall–Kier alpha value is -0.920. The minimum atomic E-state index is -3.15. The van der Waals surface area contributed by atoms with Crippen molar-refractivity contribution in [3.05, 3.63) is 18.2 Å². The van der Waals surface area contributed by atoms with Crippen LogP contribution in [0.25, 0.3) is 0 Å². The Labute approximate surface area is 138 Å². The van der Waals surface area contributed by atoms with E-state index in [1.54, 1.807) is 10.5 Å². The van der Waals surface area contributed by atoms with Gasteiger partial charge >= 0.3 is 0 Å². The monoisotopic (exact) mass is 341 g/mol. The minimum Gasteiger partial charge on any atom is -0.381 e. The largest absolute Gasteiger partial charge is 0.381 e. The zero-order chi connectivity index (χ0) is 16.3. The summed E-state index contributed by atoms with van der Waals surface area (Å²) >= 11 is 0. The predicted molar refractivity (Wildman–Crippen MR) is 88.5 cm³/mol. The second kappa shape index (κ2) is 7.32. The Morgan fingerprint density at radius 3 is 2.74 bits per heavy atom. The molecule has 1 atom stereocenters. The lowest BCUT2D eigenvalue weighted by Gasteiger charge is -2.33. The van der Waals surface area contributed by atoms with Crippen molar-refractivity contribution in [3.8, 4) is 0 Å². The summed E-state index contributed by atoms with van der Waals surface area (Å²) in [6.07, 6.45) is 8.36. The summed E-state index contributed by atoms with van der Waals surface area (Å²) in [6, 6.07) is 0. The molecule has 2 fully saturated rings. The Balaban J connectivity index is 1.59. The zero-order valence-electron chi connectivity index (χ0n) is 13.9. The van der Waals surface area contributed by atoms with E-state index >= 15 is 0 Å². The third-order valence-electron chi connectivity index (χ3n) is 5.05. The van der Waals surface area contributed by atoms with Crippen LogP contribution in [0.1, 0.15) is 31.5 Å². The molecule has 130 valence electrons. The highest BCUT2D eigenvalue weighted by atomic mass is 32.2. The van der Waals surface area contributed by atoms with Crippen LogP contribution in [0, 0.1) is 11.8 Å². The lowest BCUT2D eigenvalue weighted by molar-refractivity contribution is 0.0719. The molecule has 0 radical (unpaired) electrons. The van der Waals surface area contributed by atoms with Crippen LogP contribution in [0.2, 0.25) is 0 Å². The summed E-state index contributed by atoms with van der Waals surface area (Å²) in [7, 11) is -1.16. The van der Waals surface area contributed by atoms with Crippen molar-refractivity contribution in [2.45, 2.75) is 32.1 Å². The van der Waals surface area contributed by atoms with Crippen molar-refractivity contribution in [1.29, 1.82) is 0 Å². The van der Waals surface area contributed by atoms with Crippen LogP contribution in [0.4, 0.5) is 0 Å². The van der Waals surface area contributed by atoms with E-state index in [9.17, 15) is 8.42 Å². The van der Waals surface area contributed by atoms with Gasteiger partial charge in [-0.05, 0) is 37.5 Å². The van der Waals surface area contributed by atoms with E-state index < -0.39 is 10.0 Å². The summed E-state index contributed by atoms with van der Waals surface area (Å²) < 4.78 is 34.5. The molecule has 0 aliphatic carbocycles. The Kier molecular flexibility index (Phi) is 5.38. The van der Waals surface area contributed by atoms with Gasteiger partial charge in [-0.1, -0.05) is 0 Å². The number of rotatable bonds is 5. The van der Waals surface area contributed by atoms with E-state index in [0.29, 0.717) is 32.2 Å². The average Bonchev–Trinajstić information content (AvgIpc) is 2.93. The highest BCUT2D eigenvalue weighted by Crippen LogP contribution is 2.25. The maximum atomic E-state index is 12.7. The van der Waals surface area contributed by atoms with Crippen LogP contribution in [0.3, 0.4) is 0 Å². The van der Waals surface area contributed by atoms with Crippen molar-refractivity contribution in [2.24, 2.45) is 18.9 Å². The number of hydrogen-bond donors (Lipinski definition) is 0. The number of aryl methyl sites for hydroxylation is 1. The van der Waals surface area contributed by atoms with Crippen molar-refractivity contribution >= 4 is 10.0 Å². The van der Waals surface area contributed by atoms with Gasteiger partial charge in [0, 0.05) is 52.2 Å². The van der Waals surface area contributed by atoms with Gasteiger partial charge in [0.25, 0.3) is 0 Å². The third-order valence-corrected chi connectivity index (χ3v) is 7.07. The third kappa shape index (κ3) is 4.33. The molecule has 1 aromatic heterocycles. The molecule has 7 heteroatoms. The second-order valence-corrected chi connectivity index (χ2v) is 8.87. The van der Waals surface area contributed by atoms with Crippen LogP contribution in [0.5, 0.6) is 0 Å². The smallest absolute Gasteiger partial charge is 0.214 e. The molecule has 0 unspecified atom stereocenters. The van der Waals surface area contributed by atoms with E-state index in [4.69, 9.17) is 4.74 Å². The number of nitrogens with zero attached hydrogens (tertiary/aromatic N) is 3. The molecular formula is C16H27N3O3S. The molecule has 2 aliphatic heterocycles. The van der Waals surface area contributed by atoms with Gasteiger partial charge in [-0.3, -0.25) is 0 Å². The Morgan fingerprint density at radius 1 is 1.26 bits per heavy atom. The van der Waals surface area contributed by atoms with E-state index in [0.717, 1.165) is 37.9 Å². The first-order valence-corrected chi connectivity index (χ1v) is 10.2. The SMILES string of the molecule is Cn1ccnc1C[C@H]1CCCN(S(=O)(=O)CC2CCOCC2)C1. The molecule has 0 amide bonds. The van der Waals surface area contributed by atoms with Crippen LogP contribution >= 0.6 is 0 Å². The molecular weight excluding hydrogens is 314 g/mol. The van der Waals surface area contributed by atoms with Gasteiger partial charge in [-0.25, -0.2) is 17.7 Å². The predicted octanol–water partition coefficient (Wildman–Crippen LogP) is 1.43. The fourth-order valence-electron chi connectivity index (χ4n) is 3.61. The molecule has 0 bridgehead atoms. The van der Waals surface area contributed by atoms with E-state index in [-0.39, 0.29) is 11.7 Å². The summed E-state index contributed by atoms with van der Waals surface area (Å²) in [4.78, 5) is 4.37. The van der Waals surface area contributed by atoms with Gasteiger partial charge in [0.1, 0.15) is 5.82 Å². The van der Waals surface area contributed by atoms with Crippen LogP contribution in [-0.4, -0.2) is 54.3 Å². The van der Waals surface area contributed by atoms with Crippen LogP contribution < -0.4 is 0 Å². The fraction of sp³-hybridized carbons (Fsp3) is 0.812. The highest BCUT2D eigenvalue weighted by Gasteiger charge is 2.31. The van der Waals surface area contributed by atoms with E-state index in [1.807, 2.05) is 17.8 Å². The molecule has 3 heterocycles. The lowest BCUT2D eigenvalue weighted by atomic mass is 9.96. The second-order valence-electron chi connectivity index (χ2n) is 6.86. The number of ether oxygens (including phenoxy) is 1. The number of piperidine rings is 1. The van der Waals surface area contributed by atoms with E-state index in [1.165, 1.54) is 0 Å². The van der Waals surface area contributed by atoms with Crippen molar-refractivity contribution < 1.29 is 13.2 Å². The molecule has 23 heavy (non-hydrogen) atoms. The van der Waals surface area contributed by atoms with Gasteiger partial charge in [0.05, 0.1) is 5.75 Å². The first-order chi connectivity index (χ1) is 11.0. The molecule has 0 N–H and O–H groups in total. The first kappa shape index (κ1) is 16.9.